The summed E-state index contributed by atoms with van der Waals surface area (Å²) in [7, 11) is 1.69. The van der Waals surface area contributed by atoms with Crippen LogP contribution in [-0.4, -0.2) is 47.5 Å². The molecule has 3 aromatic rings. The van der Waals surface area contributed by atoms with Crippen molar-refractivity contribution in [3.8, 4) is 5.75 Å². The number of anilines is 1. The molecule has 2 aliphatic heterocycles. The highest BCUT2D eigenvalue weighted by molar-refractivity contribution is 5.88. The van der Waals surface area contributed by atoms with Crippen LogP contribution in [0.25, 0.3) is 11.0 Å². The fraction of sp³-hybridized carbons (Fsp3) is 0.455. The van der Waals surface area contributed by atoms with E-state index in [-0.39, 0.29) is 23.0 Å². The number of ether oxygens (including phenoxy) is 3. The highest BCUT2D eigenvalue weighted by Gasteiger charge is 2.48. The molecule has 170 valence electrons. The Balaban J connectivity index is 1.58. The normalized spacial score (nSPS) is 22.9. The number of alkyl halides is 3. The molecular weight excluding hydrogens is 425 g/mol. The van der Waals surface area contributed by atoms with Gasteiger partial charge in [-0.2, -0.15) is 13.2 Å². The van der Waals surface area contributed by atoms with Crippen LogP contribution in [0.3, 0.4) is 0 Å². The van der Waals surface area contributed by atoms with Gasteiger partial charge in [0.15, 0.2) is 0 Å². The number of rotatable bonds is 4. The van der Waals surface area contributed by atoms with Gasteiger partial charge in [0.1, 0.15) is 29.2 Å². The Morgan fingerprint density at radius 1 is 1.19 bits per heavy atom. The number of fused-ring (bicyclic) bond motifs is 2. The van der Waals surface area contributed by atoms with Crippen molar-refractivity contribution in [2.45, 2.75) is 30.7 Å². The molecule has 5 rings (SSSR count). The molecule has 2 aliphatic rings. The van der Waals surface area contributed by atoms with Crippen LogP contribution < -0.4 is 10.1 Å². The van der Waals surface area contributed by atoms with Gasteiger partial charge in [0, 0.05) is 44.6 Å². The summed E-state index contributed by atoms with van der Waals surface area (Å²) in [5.41, 5.74) is -0.327. The molecule has 2 atom stereocenters. The first-order chi connectivity index (χ1) is 15.4. The van der Waals surface area contributed by atoms with Gasteiger partial charge in [-0.1, -0.05) is 18.2 Å². The Kier molecular flexibility index (Phi) is 5.21. The number of hydrogen-bond donors (Lipinski definition) is 2. The van der Waals surface area contributed by atoms with Gasteiger partial charge in [-0.05, 0) is 12.1 Å². The molecule has 0 unspecified atom stereocenters. The van der Waals surface area contributed by atoms with Crippen molar-refractivity contribution in [2.75, 3.05) is 32.2 Å². The second kappa shape index (κ2) is 7.93. The number of benzene rings is 1. The molecule has 1 saturated heterocycles. The Labute approximate surface area is 182 Å². The Hall–Kier alpha value is -2.85. The highest BCUT2D eigenvalue weighted by Crippen LogP contribution is 2.47. The number of methoxy groups -OCH3 is 1. The fourth-order valence-corrected chi connectivity index (χ4v) is 4.79. The first kappa shape index (κ1) is 21.0. The maximum absolute atomic E-state index is 13.3. The molecule has 4 heterocycles. The Morgan fingerprint density at radius 2 is 1.97 bits per heavy atom. The van der Waals surface area contributed by atoms with Gasteiger partial charge in [0.05, 0.1) is 23.6 Å². The third-order valence-corrected chi connectivity index (χ3v) is 6.52. The number of H-pyrrole nitrogens is 1. The molecule has 2 N–H and O–H groups in total. The summed E-state index contributed by atoms with van der Waals surface area (Å²) >= 11 is 0. The second-order valence-corrected chi connectivity index (χ2v) is 8.12. The van der Waals surface area contributed by atoms with Gasteiger partial charge in [0.25, 0.3) is 0 Å². The standard InChI is InChI=1S/C22H23F3N4O3/c1-30-21(6-8-31-9-7-21)15-11-32-16-5-3-2-4-13(16)18(15)29-20-14-10-17(22(23,24)25)28-19(14)26-12-27-20/h2-5,10,12,15,18H,6-9,11H2,1H3,(H2,26,27,28,29)/t15-,18-/m1/s1. The molecule has 7 nitrogen and oxygen atoms in total. The lowest BCUT2D eigenvalue weighted by Gasteiger charge is -2.47. The van der Waals surface area contributed by atoms with Gasteiger partial charge in [0.2, 0.25) is 0 Å². The zero-order chi connectivity index (χ0) is 22.3. The summed E-state index contributed by atoms with van der Waals surface area (Å²) < 4.78 is 57.5. The predicted molar refractivity (Wildman–Crippen MR) is 110 cm³/mol. The van der Waals surface area contributed by atoms with E-state index in [9.17, 15) is 13.2 Å². The molecule has 0 spiro atoms. The molecule has 10 heteroatoms. The van der Waals surface area contributed by atoms with E-state index >= 15 is 0 Å². The van der Waals surface area contributed by atoms with E-state index in [1.54, 1.807) is 7.11 Å². The zero-order valence-electron chi connectivity index (χ0n) is 17.4. The summed E-state index contributed by atoms with van der Waals surface area (Å²) in [5.74, 6) is 0.944. The number of hydrogen-bond acceptors (Lipinski definition) is 6. The van der Waals surface area contributed by atoms with Gasteiger partial charge in [-0.25, -0.2) is 9.97 Å². The van der Waals surface area contributed by atoms with Crippen LogP contribution in [0, 0.1) is 5.92 Å². The van der Waals surface area contributed by atoms with Crippen LogP contribution in [0.4, 0.5) is 19.0 Å². The van der Waals surface area contributed by atoms with Crippen LogP contribution in [0.2, 0.25) is 0 Å². The topological polar surface area (TPSA) is 81.3 Å². The summed E-state index contributed by atoms with van der Waals surface area (Å²) in [6, 6.07) is 8.40. The molecule has 0 radical (unpaired) electrons. The quantitative estimate of drug-likeness (QED) is 0.618. The first-order valence-corrected chi connectivity index (χ1v) is 10.4. The van der Waals surface area contributed by atoms with Crippen LogP contribution >= 0.6 is 0 Å². The van der Waals surface area contributed by atoms with Gasteiger partial charge < -0.3 is 24.5 Å². The Morgan fingerprint density at radius 3 is 2.72 bits per heavy atom. The van der Waals surface area contributed by atoms with Crippen molar-refractivity contribution in [1.82, 2.24) is 15.0 Å². The number of para-hydroxylation sites is 1. The van der Waals surface area contributed by atoms with Crippen molar-refractivity contribution in [3.63, 3.8) is 0 Å². The molecule has 0 amide bonds. The van der Waals surface area contributed by atoms with Crippen molar-refractivity contribution in [2.24, 2.45) is 5.92 Å². The Bertz CT molecular complexity index is 1110. The lowest BCUT2D eigenvalue weighted by molar-refractivity contribution is -0.140. The minimum absolute atomic E-state index is 0.114. The average molecular weight is 448 g/mol. The molecule has 2 aromatic heterocycles. The third kappa shape index (κ3) is 3.57. The van der Waals surface area contributed by atoms with Crippen molar-refractivity contribution < 1.29 is 27.4 Å². The van der Waals surface area contributed by atoms with E-state index in [4.69, 9.17) is 14.2 Å². The molecular formula is C22H23F3N4O3. The number of nitrogens with one attached hydrogen (secondary N) is 2. The molecule has 0 bridgehead atoms. The van der Waals surface area contributed by atoms with Crippen molar-refractivity contribution >= 4 is 16.9 Å². The SMILES string of the molecule is COC1([C@@H]2COc3ccccc3[C@H]2Nc2ncnc3[nH]c(C(F)(F)F)cc23)CCOCC1. The van der Waals surface area contributed by atoms with E-state index in [0.717, 1.165) is 17.4 Å². The van der Waals surface area contributed by atoms with E-state index in [2.05, 4.69) is 20.3 Å². The van der Waals surface area contributed by atoms with E-state index in [1.165, 1.54) is 6.33 Å². The second-order valence-electron chi connectivity index (χ2n) is 8.12. The highest BCUT2D eigenvalue weighted by atomic mass is 19.4. The average Bonchev–Trinajstić information content (AvgIpc) is 3.26. The van der Waals surface area contributed by atoms with Gasteiger partial charge in [-0.15, -0.1) is 0 Å². The number of aromatic amines is 1. The van der Waals surface area contributed by atoms with E-state index in [0.29, 0.717) is 38.5 Å². The molecule has 0 aliphatic carbocycles. The van der Waals surface area contributed by atoms with E-state index in [1.807, 2.05) is 24.3 Å². The van der Waals surface area contributed by atoms with Crippen LogP contribution in [-0.2, 0) is 15.7 Å². The first-order valence-electron chi connectivity index (χ1n) is 10.4. The predicted octanol–water partition coefficient (Wildman–Crippen LogP) is 4.33. The third-order valence-electron chi connectivity index (χ3n) is 6.52. The molecule has 1 aromatic carbocycles. The van der Waals surface area contributed by atoms with Crippen molar-refractivity contribution in [3.05, 3.63) is 47.9 Å². The minimum Gasteiger partial charge on any atom is -0.493 e. The van der Waals surface area contributed by atoms with Crippen LogP contribution in [0.5, 0.6) is 5.75 Å². The van der Waals surface area contributed by atoms with Gasteiger partial charge in [-0.3, -0.25) is 0 Å². The number of halogens is 3. The smallest absolute Gasteiger partial charge is 0.431 e. The number of nitrogens with zero attached hydrogens (tertiary/aromatic N) is 2. The summed E-state index contributed by atoms with van der Waals surface area (Å²) in [6.45, 7) is 1.55. The molecule has 32 heavy (non-hydrogen) atoms. The maximum atomic E-state index is 13.3. The lowest BCUT2D eigenvalue weighted by Crippen LogP contribution is -2.52. The largest absolute Gasteiger partial charge is 0.493 e. The van der Waals surface area contributed by atoms with Crippen molar-refractivity contribution in [1.29, 1.82) is 0 Å². The van der Waals surface area contributed by atoms with E-state index < -0.39 is 17.5 Å². The van der Waals surface area contributed by atoms with Gasteiger partial charge >= 0.3 is 6.18 Å². The minimum atomic E-state index is -4.51. The zero-order valence-corrected chi connectivity index (χ0v) is 17.4. The maximum Gasteiger partial charge on any atom is 0.431 e. The lowest BCUT2D eigenvalue weighted by atomic mass is 9.74. The van der Waals surface area contributed by atoms with Crippen LogP contribution in [0.1, 0.15) is 30.1 Å². The monoisotopic (exact) mass is 448 g/mol. The summed E-state index contributed by atoms with van der Waals surface area (Å²) in [5, 5.41) is 3.69. The number of aromatic nitrogens is 3. The van der Waals surface area contributed by atoms with Crippen LogP contribution in [0.15, 0.2) is 36.7 Å². The molecule has 0 saturated carbocycles. The molecule has 1 fully saturated rings. The fourth-order valence-electron chi connectivity index (χ4n) is 4.79. The summed E-state index contributed by atoms with van der Waals surface area (Å²) in [4.78, 5) is 10.6. The summed E-state index contributed by atoms with van der Waals surface area (Å²) in [6.07, 6.45) is -1.87.